The minimum Gasteiger partial charge on any atom is -0.133 e. The number of hydrogen-bond donors (Lipinski definition) is 0. The third-order valence-corrected chi connectivity index (χ3v) is 5.73. The van der Waals surface area contributed by atoms with Crippen LogP contribution in [-0.4, -0.2) is 0 Å². The second-order valence-corrected chi connectivity index (χ2v) is 7.10. The van der Waals surface area contributed by atoms with E-state index < -0.39 is 0 Å². The van der Waals surface area contributed by atoms with Crippen LogP contribution >= 0.6 is 27.7 Å². The van der Waals surface area contributed by atoms with E-state index in [4.69, 9.17) is 0 Å². The van der Waals surface area contributed by atoms with Gasteiger partial charge in [0.05, 0.1) is 0 Å². The summed E-state index contributed by atoms with van der Waals surface area (Å²) in [7, 11) is 8.42. The van der Waals surface area contributed by atoms with Crippen LogP contribution in [0.2, 0.25) is 0 Å². The molecule has 3 aromatic rings. The molecule has 0 bridgehead atoms. The first-order valence-corrected chi connectivity index (χ1v) is 10.6. The topological polar surface area (TPSA) is 0 Å². The van der Waals surface area contributed by atoms with Crippen LogP contribution < -0.4 is 0 Å². The summed E-state index contributed by atoms with van der Waals surface area (Å²) in [5, 5.41) is 0. The van der Waals surface area contributed by atoms with E-state index in [1.165, 1.54) is 38.9 Å². The lowest BCUT2D eigenvalue weighted by molar-refractivity contribution is 1.38. The van der Waals surface area contributed by atoms with Crippen LogP contribution in [0.25, 0.3) is 22.3 Å². The van der Waals surface area contributed by atoms with E-state index in [0.29, 0.717) is 0 Å². The molecule has 122 valence electrons. The molecule has 3 atom stereocenters. The van der Waals surface area contributed by atoms with Crippen LogP contribution in [0.3, 0.4) is 0 Å². The van der Waals surface area contributed by atoms with Crippen molar-refractivity contribution in [3.63, 3.8) is 0 Å². The molecule has 0 nitrogen and oxygen atoms in total. The summed E-state index contributed by atoms with van der Waals surface area (Å²) in [4.78, 5) is 0. The lowest BCUT2D eigenvalue weighted by Crippen LogP contribution is -1.89. The first-order valence-electron chi connectivity index (χ1n) is 8.17. The van der Waals surface area contributed by atoms with E-state index in [2.05, 4.69) is 94.4 Å². The van der Waals surface area contributed by atoms with Gasteiger partial charge in [0.1, 0.15) is 0 Å². The van der Waals surface area contributed by atoms with Crippen LogP contribution in [0.5, 0.6) is 0 Å². The van der Waals surface area contributed by atoms with Crippen molar-refractivity contribution >= 4 is 27.7 Å². The largest absolute Gasteiger partial charge is 0.133 e. The molecule has 3 heteroatoms. The van der Waals surface area contributed by atoms with Gasteiger partial charge in [0.2, 0.25) is 0 Å². The van der Waals surface area contributed by atoms with Gasteiger partial charge in [0.25, 0.3) is 0 Å². The van der Waals surface area contributed by atoms with Gasteiger partial charge in [0, 0.05) is 0 Å². The molecule has 0 aliphatic rings. The molecule has 0 saturated carbocycles. The number of rotatable bonds is 5. The van der Waals surface area contributed by atoms with Crippen LogP contribution in [0.4, 0.5) is 0 Å². The zero-order valence-electron chi connectivity index (χ0n) is 13.7. The minimum absolute atomic E-state index is 0.957. The fourth-order valence-electron chi connectivity index (χ4n) is 2.88. The van der Waals surface area contributed by atoms with Crippen LogP contribution in [0.15, 0.2) is 66.7 Å². The van der Waals surface area contributed by atoms with Crippen molar-refractivity contribution in [3.8, 4) is 22.3 Å². The van der Waals surface area contributed by atoms with E-state index in [0.717, 1.165) is 18.5 Å². The van der Waals surface area contributed by atoms with Crippen LogP contribution in [0, 0.1) is 0 Å². The van der Waals surface area contributed by atoms with Gasteiger partial charge in [-0.2, -0.15) is 0 Å². The SMILES string of the molecule is PCc1ccc(-c2ccc(-c3ccc(CP)cc3)c(CP)c2)cc1. The van der Waals surface area contributed by atoms with E-state index in [9.17, 15) is 0 Å². The highest BCUT2D eigenvalue weighted by molar-refractivity contribution is 7.15. The monoisotopic (exact) mass is 368 g/mol. The molecule has 0 amide bonds. The molecule has 0 heterocycles. The lowest BCUT2D eigenvalue weighted by atomic mass is 9.95. The Bertz CT molecular complexity index is 805. The second kappa shape index (κ2) is 8.36. The third kappa shape index (κ3) is 3.95. The Hall–Kier alpha value is -1.05. The molecule has 0 saturated heterocycles. The Morgan fingerprint density at radius 2 is 1.00 bits per heavy atom. The molecule has 0 radical (unpaired) electrons. The molecule has 0 fully saturated rings. The van der Waals surface area contributed by atoms with E-state index >= 15 is 0 Å². The third-order valence-electron chi connectivity index (χ3n) is 4.35. The van der Waals surface area contributed by atoms with Crippen molar-refractivity contribution in [1.82, 2.24) is 0 Å². The van der Waals surface area contributed by atoms with Gasteiger partial charge in [-0.3, -0.25) is 0 Å². The van der Waals surface area contributed by atoms with Crippen molar-refractivity contribution < 1.29 is 0 Å². The number of benzene rings is 3. The standard InChI is InChI=1S/C21H23P3/c22-12-15-1-5-17(6-2-15)19-9-10-21(20(11-19)14-24)18-7-3-16(13-23)4-8-18/h1-11H,12-14,22-24H2. The zero-order valence-corrected chi connectivity index (χ0v) is 17.2. The summed E-state index contributed by atoms with van der Waals surface area (Å²) in [5.74, 6) is 0. The quantitative estimate of drug-likeness (QED) is 0.474. The summed E-state index contributed by atoms with van der Waals surface area (Å²) in [5.41, 5.74) is 9.24. The molecule has 0 aliphatic carbocycles. The summed E-state index contributed by atoms with van der Waals surface area (Å²) < 4.78 is 0. The first kappa shape index (κ1) is 17.8. The molecular formula is C21H23P3. The first-order chi connectivity index (χ1) is 11.7. The Balaban J connectivity index is 1.97. The predicted molar refractivity (Wildman–Crippen MR) is 118 cm³/mol. The summed E-state index contributed by atoms with van der Waals surface area (Å²) in [6.45, 7) is 0. The van der Waals surface area contributed by atoms with Crippen molar-refractivity contribution in [1.29, 1.82) is 0 Å². The molecule has 0 spiro atoms. The highest BCUT2D eigenvalue weighted by Gasteiger charge is 2.07. The fourth-order valence-corrected chi connectivity index (χ4v) is 3.76. The van der Waals surface area contributed by atoms with Crippen molar-refractivity contribution in [2.75, 3.05) is 0 Å². The van der Waals surface area contributed by atoms with E-state index in [1.807, 2.05) is 0 Å². The maximum absolute atomic E-state index is 2.87. The fraction of sp³-hybridized carbons (Fsp3) is 0.143. The highest BCUT2D eigenvalue weighted by Crippen LogP contribution is 2.31. The molecule has 0 aliphatic heterocycles. The molecule has 0 N–H and O–H groups in total. The van der Waals surface area contributed by atoms with Gasteiger partial charge >= 0.3 is 0 Å². The highest BCUT2D eigenvalue weighted by atomic mass is 31.0. The Morgan fingerprint density at radius 3 is 1.50 bits per heavy atom. The normalized spacial score (nSPS) is 10.8. The molecule has 3 aromatic carbocycles. The predicted octanol–water partition coefficient (Wildman–Crippen LogP) is 6.15. The van der Waals surface area contributed by atoms with Crippen molar-refractivity contribution in [2.45, 2.75) is 18.5 Å². The minimum atomic E-state index is 0.957. The van der Waals surface area contributed by atoms with E-state index in [-0.39, 0.29) is 0 Å². The maximum Gasteiger partial charge on any atom is -0.0122 e. The smallest absolute Gasteiger partial charge is 0.0122 e. The van der Waals surface area contributed by atoms with Crippen LogP contribution in [0.1, 0.15) is 16.7 Å². The average Bonchev–Trinajstić information content (AvgIpc) is 2.67. The lowest BCUT2D eigenvalue weighted by Gasteiger charge is -2.12. The second-order valence-electron chi connectivity index (χ2n) is 5.88. The summed E-state index contributed by atoms with van der Waals surface area (Å²) >= 11 is 0. The van der Waals surface area contributed by atoms with Gasteiger partial charge in [-0.1, -0.05) is 66.7 Å². The summed E-state index contributed by atoms with van der Waals surface area (Å²) in [6.07, 6.45) is 2.96. The molecular weight excluding hydrogens is 345 g/mol. The Kier molecular flexibility index (Phi) is 6.19. The molecule has 24 heavy (non-hydrogen) atoms. The van der Waals surface area contributed by atoms with Crippen molar-refractivity contribution in [2.24, 2.45) is 0 Å². The Labute approximate surface area is 152 Å². The molecule has 0 aromatic heterocycles. The Morgan fingerprint density at radius 1 is 0.500 bits per heavy atom. The zero-order chi connectivity index (χ0) is 16.9. The van der Waals surface area contributed by atoms with Gasteiger partial charge in [0.15, 0.2) is 0 Å². The average molecular weight is 368 g/mol. The van der Waals surface area contributed by atoms with Gasteiger partial charge < -0.3 is 0 Å². The molecule has 3 rings (SSSR count). The van der Waals surface area contributed by atoms with Crippen molar-refractivity contribution in [3.05, 3.63) is 83.4 Å². The van der Waals surface area contributed by atoms with Gasteiger partial charge in [-0.05, 0) is 57.4 Å². The van der Waals surface area contributed by atoms with Gasteiger partial charge in [-0.25, -0.2) is 0 Å². The summed E-state index contributed by atoms with van der Waals surface area (Å²) in [6, 6.07) is 24.5. The number of hydrogen-bond acceptors (Lipinski definition) is 0. The van der Waals surface area contributed by atoms with Crippen LogP contribution in [-0.2, 0) is 18.5 Å². The maximum atomic E-state index is 2.87. The van der Waals surface area contributed by atoms with Gasteiger partial charge in [-0.15, -0.1) is 27.7 Å². The molecule has 3 unspecified atom stereocenters. The van der Waals surface area contributed by atoms with E-state index in [1.54, 1.807) is 0 Å².